The van der Waals surface area contributed by atoms with Crippen molar-refractivity contribution in [3.8, 4) is 5.75 Å². The lowest BCUT2D eigenvalue weighted by Crippen LogP contribution is -2.52. The van der Waals surface area contributed by atoms with Crippen molar-refractivity contribution in [2.75, 3.05) is 18.5 Å². The third-order valence-corrected chi connectivity index (χ3v) is 4.63. The Bertz CT molecular complexity index is 897. The Labute approximate surface area is 156 Å². The first kappa shape index (κ1) is 17.1. The molecule has 0 saturated carbocycles. The lowest BCUT2D eigenvalue weighted by atomic mass is 10.0. The Morgan fingerprint density at radius 3 is 2.59 bits per heavy atom. The molecule has 0 radical (unpaired) electrons. The molecule has 2 heterocycles. The van der Waals surface area contributed by atoms with Gasteiger partial charge in [-0.05, 0) is 17.7 Å². The molecule has 0 fully saturated rings. The molecular formula is C20H19N3O4. The molecule has 2 atom stereocenters. The number of ether oxygens (including phenoxy) is 1. The average Bonchev–Trinajstić information content (AvgIpc) is 3.22. The smallest absolute Gasteiger partial charge is 0.271 e. The Hall–Kier alpha value is -3.35. The molecule has 2 aliphatic rings. The van der Waals surface area contributed by atoms with E-state index in [1.54, 1.807) is 30.1 Å². The number of para-hydroxylation sites is 2. The van der Waals surface area contributed by atoms with Gasteiger partial charge in [0, 0.05) is 13.5 Å². The van der Waals surface area contributed by atoms with Gasteiger partial charge in [0.15, 0.2) is 6.10 Å². The van der Waals surface area contributed by atoms with Crippen molar-refractivity contribution in [3.05, 3.63) is 60.2 Å². The van der Waals surface area contributed by atoms with Crippen molar-refractivity contribution in [2.45, 2.75) is 18.6 Å². The van der Waals surface area contributed by atoms with Crippen molar-refractivity contribution in [3.63, 3.8) is 0 Å². The summed E-state index contributed by atoms with van der Waals surface area (Å²) in [6.45, 7) is 0.121. The van der Waals surface area contributed by atoms with Gasteiger partial charge in [-0.25, -0.2) is 0 Å². The predicted molar refractivity (Wildman–Crippen MR) is 99.7 cm³/mol. The molecule has 7 nitrogen and oxygen atoms in total. The monoisotopic (exact) mass is 365 g/mol. The highest BCUT2D eigenvalue weighted by Gasteiger charge is 2.39. The third kappa shape index (κ3) is 3.23. The molecule has 27 heavy (non-hydrogen) atoms. The fourth-order valence-corrected chi connectivity index (χ4v) is 3.23. The van der Waals surface area contributed by atoms with Gasteiger partial charge >= 0.3 is 0 Å². The van der Waals surface area contributed by atoms with E-state index in [0.717, 1.165) is 11.3 Å². The zero-order valence-corrected chi connectivity index (χ0v) is 14.8. The van der Waals surface area contributed by atoms with Gasteiger partial charge in [-0.3, -0.25) is 9.59 Å². The second-order valence-electron chi connectivity index (χ2n) is 6.34. The molecule has 2 amide bonds. The fraction of sp³-hybridized carbons (Fsp3) is 0.250. The van der Waals surface area contributed by atoms with Gasteiger partial charge in [-0.1, -0.05) is 47.6 Å². The van der Waals surface area contributed by atoms with Crippen LogP contribution in [0.15, 0.2) is 59.8 Å². The highest BCUT2D eigenvalue weighted by molar-refractivity contribution is 6.07. The van der Waals surface area contributed by atoms with Crippen LogP contribution in [0.3, 0.4) is 0 Å². The lowest BCUT2D eigenvalue weighted by molar-refractivity contribution is -0.130. The third-order valence-electron chi connectivity index (χ3n) is 4.63. The lowest BCUT2D eigenvalue weighted by Gasteiger charge is -2.34. The minimum atomic E-state index is -0.773. The number of anilines is 1. The summed E-state index contributed by atoms with van der Waals surface area (Å²) in [5.41, 5.74) is 2.29. The summed E-state index contributed by atoms with van der Waals surface area (Å²) >= 11 is 0. The molecule has 0 spiro atoms. The maximum Gasteiger partial charge on any atom is 0.271 e. The van der Waals surface area contributed by atoms with E-state index in [0.29, 0.717) is 17.9 Å². The summed E-state index contributed by atoms with van der Waals surface area (Å²) in [5, 5.41) is 6.66. The number of hydrogen-bond acceptors (Lipinski definition) is 5. The minimum absolute atomic E-state index is 0.121. The van der Waals surface area contributed by atoms with Crippen LogP contribution in [0.5, 0.6) is 5.75 Å². The Balaban J connectivity index is 1.55. The minimum Gasteiger partial charge on any atom is -0.477 e. The van der Waals surface area contributed by atoms with Crippen molar-refractivity contribution in [2.24, 2.45) is 5.16 Å². The number of rotatable bonds is 3. The number of hydrogen-bond donors (Lipinski definition) is 1. The van der Waals surface area contributed by atoms with Crippen LogP contribution in [-0.4, -0.2) is 43.3 Å². The van der Waals surface area contributed by atoms with Crippen LogP contribution in [0.25, 0.3) is 0 Å². The van der Waals surface area contributed by atoms with Gasteiger partial charge in [-0.2, -0.15) is 0 Å². The Kier molecular flexibility index (Phi) is 4.50. The maximum atomic E-state index is 13.1. The van der Waals surface area contributed by atoms with Gasteiger partial charge in [0.2, 0.25) is 6.10 Å². The summed E-state index contributed by atoms with van der Waals surface area (Å²) in [6.07, 6.45) is -1.12. The van der Waals surface area contributed by atoms with Gasteiger partial charge in [0.05, 0.1) is 17.9 Å². The first-order chi connectivity index (χ1) is 13.2. The maximum absolute atomic E-state index is 13.1. The normalized spacial score (nSPS) is 20.8. The predicted octanol–water partition coefficient (Wildman–Crippen LogP) is 1.72. The largest absolute Gasteiger partial charge is 0.477 e. The summed E-state index contributed by atoms with van der Waals surface area (Å²) in [4.78, 5) is 32.2. The summed E-state index contributed by atoms with van der Waals surface area (Å²) in [6, 6.07) is 16.8. The van der Waals surface area contributed by atoms with Crippen molar-refractivity contribution >= 4 is 23.2 Å². The molecule has 0 saturated heterocycles. The molecule has 2 aromatic rings. The molecular weight excluding hydrogens is 346 g/mol. The van der Waals surface area contributed by atoms with Crippen LogP contribution in [0.1, 0.15) is 12.0 Å². The number of amides is 2. The van der Waals surface area contributed by atoms with Gasteiger partial charge in [0.1, 0.15) is 5.75 Å². The first-order valence-electron chi connectivity index (χ1n) is 8.74. The van der Waals surface area contributed by atoms with E-state index in [2.05, 4.69) is 10.5 Å². The van der Waals surface area contributed by atoms with Gasteiger partial charge in [-0.15, -0.1) is 0 Å². The number of nitrogens with zero attached hydrogens (tertiary/aromatic N) is 2. The molecule has 0 unspecified atom stereocenters. The Morgan fingerprint density at radius 1 is 1.07 bits per heavy atom. The highest BCUT2D eigenvalue weighted by Crippen LogP contribution is 2.34. The standard InChI is InChI=1S/C20H19N3O4/c1-21-19(24)18-12-23(15-9-5-6-10-16(15)26-18)20(25)17-11-14(22-27-17)13-7-3-2-4-8-13/h2-10,17-18H,11-12H2,1H3,(H,21,24)/t17-,18-/m1/s1. The van der Waals surface area contributed by atoms with E-state index < -0.39 is 12.2 Å². The van der Waals surface area contributed by atoms with Gasteiger partial charge < -0.3 is 19.8 Å². The number of fused-ring (bicyclic) bond motifs is 1. The van der Waals surface area contributed by atoms with Crippen molar-refractivity contribution in [1.29, 1.82) is 0 Å². The van der Waals surface area contributed by atoms with E-state index in [1.807, 2.05) is 36.4 Å². The summed E-state index contributed by atoms with van der Waals surface area (Å²) in [5.74, 6) is -0.0295. The van der Waals surface area contributed by atoms with Crippen molar-refractivity contribution in [1.82, 2.24) is 5.32 Å². The molecule has 138 valence electrons. The first-order valence-corrected chi connectivity index (χ1v) is 8.74. The van der Waals surface area contributed by atoms with E-state index in [-0.39, 0.29) is 18.4 Å². The fourth-order valence-electron chi connectivity index (χ4n) is 3.23. The number of carbonyl (C=O) groups excluding carboxylic acids is 2. The Morgan fingerprint density at radius 2 is 1.81 bits per heavy atom. The summed E-state index contributed by atoms with van der Waals surface area (Å²) < 4.78 is 5.74. The number of nitrogens with one attached hydrogen (secondary N) is 1. The van der Waals surface area contributed by atoms with E-state index in [1.165, 1.54) is 0 Å². The topological polar surface area (TPSA) is 80.2 Å². The second-order valence-corrected chi connectivity index (χ2v) is 6.34. The quantitative estimate of drug-likeness (QED) is 0.898. The molecule has 0 bridgehead atoms. The second kappa shape index (κ2) is 7.11. The van der Waals surface area contributed by atoms with Crippen LogP contribution in [0.4, 0.5) is 5.69 Å². The van der Waals surface area contributed by atoms with Crippen molar-refractivity contribution < 1.29 is 19.2 Å². The number of oxime groups is 1. The average molecular weight is 365 g/mol. The molecule has 1 N–H and O–H groups in total. The molecule has 0 aromatic heterocycles. The molecule has 4 rings (SSSR count). The summed E-state index contributed by atoms with van der Waals surface area (Å²) in [7, 11) is 1.54. The van der Waals surface area contributed by atoms with Crippen LogP contribution in [0, 0.1) is 0 Å². The zero-order valence-electron chi connectivity index (χ0n) is 14.8. The van der Waals surface area contributed by atoms with Crippen LogP contribution < -0.4 is 15.0 Å². The SMILES string of the molecule is CNC(=O)[C@H]1CN(C(=O)[C@H]2CC(c3ccccc3)=NO2)c2ccccc2O1. The van der Waals surface area contributed by atoms with E-state index in [9.17, 15) is 9.59 Å². The van der Waals surface area contributed by atoms with E-state index >= 15 is 0 Å². The number of benzene rings is 2. The molecule has 2 aliphatic heterocycles. The van der Waals surface area contributed by atoms with E-state index in [4.69, 9.17) is 9.57 Å². The van der Waals surface area contributed by atoms with Crippen LogP contribution in [-0.2, 0) is 14.4 Å². The van der Waals surface area contributed by atoms with Gasteiger partial charge in [0.25, 0.3) is 11.8 Å². The molecule has 0 aliphatic carbocycles. The zero-order chi connectivity index (χ0) is 18.8. The molecule has 2 aromatic carbocycles. The number of carbonyl (C=O) groups is 2. The van der Waals surface area contributed by atoms with Crippen LogP contribution >= 0.6 is 0 Å². The highest BCUT2D eigenvalue weighted by atomic mass is 16.6. The number of likely N-dealkylation sites (N-methyl/N-ethyl adjacent to an activating group) is 1. The van der Waals surface area contributed by atoms with Crippen LogP contribution in [0.2, 0.25) is 0 Å². The molecule has 7 heteroatoms.